The van der Waals surface area contributed by atoms with Crippen LogP contribution in [0.3, 0.4) is 0 Å². The molecule has 6 aromatic rings. The van der Waals surface area contributed by atoms with Gasteiger partial charge in [0.05, 0.1) is 6.04 Å². The van der Waals surface area contributed by atoms with Crippen molar-refractivity contribution in [2.45, 2.75) is 29.6 Å². The van der Waals surface area contributed by atoms with Gasteiger partial charge in [0.2, 0.25) is 11.8 Å². The Morgan fingerprint density at radius 1 is 0.559 bits per heavy atom. The summed E-state index contributed by atoms with van der Waals surface area (Å²) in [6.45, 7) is 0.0289. The Bertz CT molecular complexity index is 2560. The summed E-state index contributed by atoms with van der Waals surface area (Å²) in [7, 11) is 0. The first kappa shape index (κ1) is 37.6. The van der Waals surface area contributed by atoms with Crippen molar-refractivity contribution in [3.05, 3.63) is 179 Å². The summed E-state index contributed by atoms with van der Waals surface area (Å²) in [5.74, 6) is -0.775. The number of anilines is 2. The molecule has 0 bridgehead atoms. The van der Waals surface area contributed by atoms with Crippen LogP contribution < -0.4 is 29.2 Å². The number of hydrogen-bond acceptors (Lipinski definition) is 6. The molecule has 1 N–H and O–H groups in total. The number of hydrogen-bond donors (Lipinski definition) is 1. The second-order valence-corrected chi connectivity index (χ2v) is 14.2. The summed E-state index contributed by atoms with van der Waals surface area (Å²) in [5.41, 5.74) is 3.69. The second-order valence-electron chi connectivity index (χ2n) is 14.2. The first-order chi connectivity index (χ1) is 28.3. The Morgan fingerprint density at radius 2 is 1.03 bits per heavy atom. The van der Waals surface area contributed by atoms with Gasteiger partial charge in [0.25, 0.3) is 0 Å². The van der Waals surface area contributed by atoms with E-state index in [1.165, 1.54) is 30.3 Å². The van der Waals surface area contributed by atoms with Gasteiger partial charge >= 0.3 is 12.7 Å². The highest BCUT2D eigenvalue weighted by molar-refractivity contribution is 6.12. The van der Waals surface area contributed by atoms with Crippen molar-refractivity contribution in [3.63, 3.8) is 0 Å². The Hall–Kier alpha value is -6.96. The van der Waals surface area contributed by atoms with Crippen LogP contribution in [0, 0.1) is 0 Å². The largest absolute Gasteiger partial charge is 0.573 e. The minimum Gasteiger partial charge on any atom is -0.491 e. The second kappa shape index (κ2) is 13.9. The van der Waals surface area contributed by atoms with Gasteiger partial charge in [-0.1, -0.05) is 109 Å². The van der Waals surface area contributed by atoms with E-state index in [0.29, 0.717) is 16.8 Å². The van der Waals surface area contributed by atoms with Gasteiger partial charge in [-0.15, -0.1) is 26.3 Å². The first-order valence-electron chi connectivity index (χ1n) is 18.3. The molecule has 298 valence electrons. The highest BCUT2D eigenvalue weighted by Gasteiger charge is 2.59. The Kier molecular flexibility index (Phi) is 8.83. The number of carbonyl (C=O) groups excluding carboxylic acids is 2. The van der Waals surface area contributed by atoms with Crippen molar-refractivity contribution in [1.82, 2.24) is 0 Å². The third-order valence-corrected chi connectivity index (χ3v) is 10.9. The Labute approximate surface area is 332 Å². The van der Waals surface area contributed by atoms with Crippen LogP contribution in [0.4, 0.5) is 37.7 Å². The fraction of sp³-hybridized carbons (Fsp3) is 0.156. The van der Waals surface area contributed by atoms with Crippen LogP contribution in [0.1, 0.15) is 39.4 Å². The molecule has 4 heterocycles. The number of benzene rings is 6. The van der Waals surface area contributed by atoms with E-state index in [1.54, 1.807) is 23.1 Å². The maximum Gasteiger partial charge on any atom is 0.573 e. The predicted molar refractivity (Wildman–Crippen MR) is 203 cm³/mol. The predicted octanol–water partition coefficient (Wildman–Crippen LogP) is 9.62. The molecule has 0 saturated carbocycles. The lowest BCUT2D eigenvalue weighted by Gasteiger charge is -2.31. The van der Waals surface area contributed by atoms with Crippen LogP contribution in [0.2, 0.25) is 0 Å². The average molecular weight is 809 g/mol. The SMILES string of the molecule is O=C1N(C(c2ccccc2)c2ccccc2)c2ccccc2C12COc1cc(OC(F)(F)F)ccc12.O=C1Nc2ccccc2C12COc1cc(OC(F)(F)F)ccc12. The van der Waals surface area contributed by atoms with Gasteiger partial charge in [-0.05, 0) is 46.5 Å². The van der Waals surface area contributed by atoms with E-state index >= 15 is 0 Å². The number of nitrogens with one attached hydrogen (secondary N) is 1. The molecule has 0 fully saturated rings. The number of para-hydroxylation sites is 2. The van der Waals surface area contributed by atoms with Crippen LogP contribution in [-0.4, -0.2) is 37.8 Å². The van der Waals surface area contributed by atoms with Crippen LogP contribution in [0.5, 0.6) is 23.0 Å². The smallest absolute Gasteiger partial charge is 0.491 e. The molecule has 8 nitrogen and oxygen atoms in total. The molecule has 2 unspecified atom stereocenters. The number of alkyl halides is 6. The number of ether oxygens (including phenoxy) is 4. The quantitative estimate of drug-likeness (QED) is 0.175. The van der Waals surface area contributed by atoms with Crippen molar-refractivity contribution in [2.75, 3.05) is 23.4 Å². The van der Waals surface area contributed by atoms with Crippen LogP contribution in [0.25, 0.3) is 0 Å². The van der Waals surface area contributed by atoms with E-state index in [0.717, 1.165) is 34.0 Å². The van der Waals surface area contributed by atoms with Gasteiger partial charge < -0.3 is 24.3 Å². The maximum atomic E-state index is 14.5. The molecular formula is C45H30F6N2O6. The highest BCUT2D eigenvalue weighted by atomic mass is 19.4. The van der Waals surface area contributed by atoms with Crippen molar-refractivity contribution in [3.8, 4) is 23.0 Å². The third-order valence-electron chi connectivity index (χ3n) is 10.9. The fourth-order valence-electron chi connectivity index (χ4n) is 8.49. The van der Waals surface area contributed by atoms with E-state index in [9.17, 15) is 35.9 Å². The van der Waals surface area contributed by atoms with Gasteiger partial charge in [0.15, 0.2) is 0 Å². The Morgan fingerprint density at radius 3 is 1.59 bits per heavy atom. The minimum absolute atomic E-state index is 0.0134. The minimum atomic E-state index is -4.82. The number of rotatable bonds is 5. The molecule has 0 aromatic heterocycles. The van der Waals surface area contributed by atoms with Gasteiger partial charge in [-0.25, -0.2) is 0 Å². The molecule has 4 aliphatic heterocycles. The number of nitrogens with zero attached hydrogens (tertiary/aromatic N) is 1. The third kappa shape index (κ3) is 6.35. The zero-order chi connectivity index (χ0) is 41.2. The first-order valence-corrected chi connectivity index (χ1v) is 18.3. The lowest BCUT2D eigenvalue weighted by atomic mass is 9.77. The standard InChI is InChI=1S/C29H20F3NO3.C16H10F3NO3/c30-29(31,32)36-21-15-16-23-25(17-21)35-18-28(23)22-13-7-8-14-24(22)33(27(28)34)26(19-9-3-1-4-10-19)20-11-5-2-6-12-20;17-16(18,19)23-9-5-6-11-13(7-9)22-8-15(11)10-3-1-2-4-12(10)20-14(15)21/h1-17,26H,18H2;1-7H,8H2,(H,20,21). The summed E-state index contributed by atoms with van der Waals surface area (Å²) < 4.78 is 94.7. The van der Waals surface area contributed by atoms with Crippen LogP contribution in [-0.2, 0) is 20.4 Å². The molecule has 6 aromatic carbocycles. The zero-order valence-corrected chi connectivity index (χ0v) is 30.5. The van der Waals surface area contributed by atoms with Crippen molar-refractivity contribution < 1.29 is 54.9 Å². The maximum absolute atomic E-state index is 14.5. The normalized spacial score (nSPS) is 19.6. The molecule has 4 aliphatic rings. The van der Waals surface area contributed by atoms with Crippen molar-refractivity contribution in [2.24, 2.45) is 0 Å². The molecule has 2 atom stereocenters. The average Bonchev–Trinajstić information content (AvgIpc) is 3.93. The molecule has 0 radical (unpaired) electrons. The Balaban J connectivity index is 0.000000168. The highest BCUT2D eigenvalue weighted by Crippen LogP contribution is 2.56. The molecule has 2 amide bonds. The van der Waals surface area contributed by atoms with Gasteiger partial charge in [0.1, 0.15) is 47.0 Å². The summed E-state index contributed by atoms with van der Waals surface area (Å²) in [6, 6.07) is 41.6. The lowest BCUT2D eigenvalue weighted by molar-refractivity contribution is -0.275. The van der Waals surface area contributed by atoms with E-state index < -0.39 is 29.6 Å². The lowest BCUT2D eigenvalue weighted by Crippen LogP contribution is -2.44. The zero-order valence-electron chi connectivity index (χ0n) is 30.5. The molecule has 2 spiro atoms. The molecular weight excluding hydrogens is 778 g/mol. The fourth-order valence-corrected chi connectivity index (χ4v) is 8.49. The van der Waals surface area contributed by atoms with Gasteiger partial charge in [-0.3, -0.25) is 14.5 Å². The molecule has 59 heavy (non-hydrogen) atoms. The van der Waals surface area contributed by atoms with E-state index in [1.807, 2.05) is 91.0 Å². The van der Waals surface area contributed by atoms with Gasteiger partial charge in [-0.2, -0.15) is 0 Å². The molecule has 0 aliphatic carbocycles. The van der Waals surface area contributed by atoms with Crippen LogP contribution >= 0.6 is 0 Å². The monoisotopic (exact) mass is 808 g/mol. The van der Waals surface area contributed by atoms with Gasteiger partial charge in [0, 0.05) is 34.6 Å². The van der Waals surface area contributed by atoms with Crippen molar-refractivity contribution in [1.29, 1.82) is 0 Å². The number of fused-ring (bicyclic) bond motifs is 8. The summed E-state index contributed by atoms with van der Waals surface area (Å²) in [6.07, 6.45) is -9.60. The molecule has 10 rings (SSSR count). The van der Waals surface area contributed by atoms with E-state index in [2.05, 4.69) is 14.8 Å². The van der Waals surface area contributed by atoms with Crippen molar-refractivity contribution >= 4 is 23.2 Å². The van der Waals surface area contributed by atoms with E-state index in [4.69, 9.17) is 9.47 Å². The summed E-state index contributed by atoms with van der Waals surface area (Å²) in [5, 5.41) is 2.79. The van der Waals surface area contributed by atoms with E-state index in [-0.39, 0.29) is 48.0 Å². The summed E-state index contributed by atoms with van der Waals surface area (Å²) in [4.78, 5) is 28.8. The number of amides is 2. The topological polar surface area (TPSA) is 86.3 Å². The molecule has 14 heteroatoms. The molecule has 0 saturated heterocycles. The number of carbonyl (C=O) groups is 2. The van der Waals surface area contributed by atoms with Crippen LogP contribution in [0.15, 0.2) is 146 Å². The number of halogens is 6. The summed E-state index contributed by atoms with van der Waals surface area (Å²) >= 11 is 0.